The number of nitrogens with two attached hydrogens (primary N) is 3. The average Bonchev–Trinajstić information content (AvgIpc) is 1.70. The van der Waals surface area contributed by atoms with Crippen LogP contribution in [0.3, 0.4) is 0 Å². The number of nitrogens with zero attached hydrogens (tertiary/aromatic N) is 6. The average molecular weight is 1880 g/mol. The quantitative estimate of drug-likeness (QED) is 0.0156. The van der Waals surface area contributed by atoms with E-state index in [9.17, 15) is 58.5 Å². The molecule has 44 heteroatoms. The van der Waals surface area contributed by atoms with Gasteiger partial charge in [0.2, 0.25) is 94.5 Å². The van der Waals surface area contributed by atoms with Crippen molar-refractivity contribution in [2.24, 2.45) is 29.0 Å². The number of aliphatic hydroxyl groups is 2. The standard InChI is InChI=1S/C90H121N23O20S/c1-48(2)31-63-88(132)113-43-56(116)37-72(113)73(117)35-51(33-52-39-97-59-19-13-11-17-57(52)59)78(122)107-67(44-114)82(126)106-65(34-53-40-98-60-20-14-12-18-58(53)60)86(130)111(6)71-23-10-8-7-9-22-69(110(5)89(71)133)83(127)102-61(21-15-29-96-90(93)94)80(124)108-68(79(123)99-42-75(92)119)45-134-46-76(120)101-64(32-50-25-27-55(115)28-26-50)85(129)109(4)49(3)77(121)104-66(38-74(91)118)87(131)112-30-16-24-70(112)84(128)103-62(81(125)105-63)36-54-41-95-47-100-54/h7-8,11-14,17-20,25-28,39-41,47-49,51,56,61-72,97-98,114-116H,9-10,15-16,21-24,29-38,42-46H2,1-6H3,(H2,91,118)(H2,92,119)(H,95,100)(H,99,123)(H,101,120)(H,102,127)(H,103,128)(H,104,121)(H,105,125)(H,106,126)(H,107,122)(H,108,124)(H4,93,94,96)/b8-7-/t49-,51+,56+,61-,62-,63-,64-,65-,66-,67-,68-,69-,70-,71-,72-/m0/s1. The number of primary amides is 2. The highest BCUT2D eigenvalue weighted by Gasteiger charge is 2.47. The second kappa shape index (κ2) is 48.0. The van der Waals surface area contributed by atoms with Crippen molar-refractivity contribution in [1.29, 1.82) is 5.41 Å². The third-order valence-corrected chi connectivity index (χ3v) is 25.4. The first-order chi connectivity index (χ1) is 63.9. The number of H-pyrrole nitrogens is 3. The summed E-state index contributed by atoms with van der Waals surface area (Å²) >= 11 is 0.758. The summed E-state index contributed by atoms with van der Waals surface area (Å²) in [6, 6.07) is -0.356. The molecule has 4 aliphatic heterocycles. The maximum absolute atomic E-state index is 15.7. The van der Waals surface area contributed by atoms with Gasteiger partial charge in [-0.05, 0) is 118 Å². The number of benzene rings is 3. The molecule has 6 aromatic rings. The van der Waals surface area contributed by atoms with Gasteiger partial charge in [0, 0.05) is 131 Å². The van der Waals surface area contributed by atoms with Crippen LogP contribution in [0, 0.1) is 17.2 Å². The number of hydrogen-bond acceptors (Lipinski definition) is 23. The van der Waals surface area contributed by atoms with Gasteiger partial charge in [-0.15, -0.1) is 11.8 Å². The number of ketones is 1. The molecule has 23 N–H and O–H groups in total. The van der Waals surface area contributed by atoms with Crippen molar-refractivity contribution < 1.29 is 96.8 Å². The monoisotopic (exact) mass is 1880 g/mol. The molecule has 134 heavy (non-hydrogen) atoms. The first kappa shape index (κ1) is 102. The second-order valence-electron chi connectivity index (χ2n) is 34.6. The van der Waals surface area contributed by atoms with E-state index < -0.39 is 241 Å². The number of thioether (sulfide) groups is 1. The smallest absolute Gasteiger partial charge is 0.246 e. The molecule has 0 unspecified atom stereocenters. The summed E-state index contributed by atoms with van der Waals surface area (Å²) in [5.74, 6) is -19.1. The molecule has 43 nitrogen and oxygen atoms in total. The predicted octanol–water partition coefficient (Wildman–Crippen LogP) is -3.09. The fourth-order valence-electron chi connectivity index (χ4n) is 17.0. The molecule has 4 aliphatic rings. The van der Waals surface area contributed by atoms with Gasteiger partial charge in [0.25, 0.3) is 0 Å². The number of nitrogens with one attached hydrogen (secondary N) is 14. The van der Waals surface area contributed by atoms with Crippen molar-refractivity contribution in [3.05, 3.63) is 132 Å². The highest BCUT2D eigenvalue weighted by Crippen LogP contribution is 2.30. The van der Waals surface area contributed by atoms with E-state index in [0.29, 0.717) is 44.2 Å². The fraction of sp³-hybridized carbons (Fsp3) is 0.500. The molecule has 3 saturated heterocycles. The Bertz CT molecular complexity index is 5300. The van der Waals surface area contributed by atoms with Crippen LogP contribution in [0.1, 0.15) is 120 Å². The number of guanidine groups is 1. The number of phenols is 1. The van der Waals surface area contributed by atoms with Gasteiger partial charge in [0.05, 0.1) is 43.8 Å². The van der Waals surface area contributed by atoms with E-state index in [1.165, 1.54) is 64.9 Å². The lowest BCUT2D eigenvalue weighted by atomic mass is 9.90. The van der Waals surface area contributed by atoms with Crippen molar-refractivity contribution in [3.8, 4) is 5.75 Å². The summed E-state index contributed by atoms with van der Waals surface area (Å²) in [6.45, 7) is 2.42. The van der Waals surface area contributed by atoms with Gasteiger partial charge < -0.3 is 125 Å². The number of carbonyl (C=O) groups is 17. The van der Waals surface area contributed by atoms with Gasteiger partial charge in [-0.25, -0.2) is 4.98 Å². The highest BCUT2D eigenvalue weighted by molar-refractivity contribution is 8.00. The number of aromatic hydroxyl groups is 1. The number of aromatic nitrogens is 4. The highest BCUT2D eigenvalue weighted by atomic mass is 32.2. The number of fused-ring (bicyclic) bond motifs is 7. The summed E-state index contributed by atoms with van der Waals surface area (Å²) in [5.41, 5.74) is 19.8. The molecule has 10 rings (SSSR count). The van der Waals surface area contributed by atoms with Crippen molar-refractivity contribution in [3.63, 3.8) is 0 Å². The molecular formula is C90H121N23O20S. The van der Waals surface area contributed by atoms with Gasteiger partial charge in [0.15, 0.2) is 11.7 Å². The van der Waals surface area contributed by atoms with Crippen LogP contribution in [0.2, 0.25) is 0 Å². The SMILES string of the molecule is CC(C)C[C@@H]1NC(=O)[C@H](Cc2cnc[nH]2)NC(=O)[C@@H]2CCCN2C(=O)[C@H](CC(N)=O)NC(=O)[C@H](C)N(C)C(=O)[C@H](Cc2ccc(O)cc2)NC(=O)CSC[C@@H](C(=O)NCC(N)=O)NC(=O)[C@H](CCCNC(=N)N)NC(=O)[C@@H]2CC/C=C\CC[C@@H](C(=O)N2C)N(C)C(=O)[C@H](Cc2c[nH]c3ccccc23)NC(=O)[C@H](CO)NC(=O)[C@H](Cc2c[nH]c3ccccc23)CC(=O)[C@@H]2C[C@@H](O)CN2C1=O. The molecule has 0 spiro atoms. The number of phenolic OH excluding ortho intramolecular Hbond substituents is 1. The molecule has 0 radical (unpaired) electrons. The molecule has 0 saturated carbocycles. The topological polar surface area (TPSA) is 650 Å². The minimum atomic E-state index is -1.86. The Balaban J connectivity index is 1.01. The molecule has 16 amide bonds. The third-order valence-electron chi connectivity index (χ3n) is 24.3. The maximum Gasteiger partial charge on any atom is 0.246 e. The van der Waals surface area contributed by atoms with Crippen LogP contribution in [0.15, 0.2) is 110 Å². The largest absolute Gasteiger partial charge is 0.508 e. The van der Waals surface area contributed by atoms with Gasteiger partial charge in [-0.3, -0.25) is 86.9 Å². The molecule has 3 fully saturated rings. The summed E-state index contributed by atoms with van der Waals surface area (Å²) in [4.78, 5) is 269. The lowest BCUT2D eigenvalue weighted by Crippen LogP contribution is -2.61. The van der Waals surface area contributed by atoms with Gasteiger partial charge in [-0.2, -0.15) is 0 Å². The number of aliphatic hydroxyl groups excluding tert-OH is 2. The van der Waals surface area contributed by atoms with Crippen LogP contribution in [0.5, 0.6) is 5.75 Å². The molecule has 7 heterocycles. The van der Waals surface area contributed by atoms with Crippen LogP contribution in [-0.2, 0) is 107 Å². The van der Waals surface area contributed by atoms with Crippen molar-refractivity contribution in [1.82, 2.24) is 97.6 Å². The Morgan fingerprint density at radius 2 is 1.15 bits per heavy atom. The van der Waals surface area contributed by atoms with Crippen molar-refractivity contribution in [2.75, 3.05) is 65.4 Å². The summed E-state index contributed by atoms with van der Waals surface area (Å²) in [6.07, 6.45) is 5.52. The van der Waals surface area contributed by atoms with E-state index in [0.717, 1.165) is 36.3 Å². The summed E-state index contributed by atoms with van der Waals surface area (Å²) < 4.78 is 0. The molecule has 722 valence electrons. The van der Waals surface area contributed by atoms with Crippen molar-refractivity contribution >= 4 is 140 Å². The van der Waals surface area contributed by atoms with Crippen LogP contribution in [0.4, 0.5) is 0 Å². The Labute approximate surface area is 776 Å². The zero-order chi connectivity index (χ0) is 97.3. The summed E-state index contributed by atoms with van der Waals surface area (Å²) in [5, 5.41) is 68.4. The van der Waals surface area contributed by atoms with Crippen LogP contribution in [-0.4, -0.2) is 316 Å². The zero-order valence-electron chi connectivity index (χ0n) is 75.5. The number of rotatable bonds is 20. The van der Waals surface area contributed by atoms with E-state index in [2.05, 4.69) is 73.1 Å². The maximum atomic E-state index is 15.7. The number of carbonyl (C=O) groups excluding carboxylic acids is 17. The number of amides is 16. The van der Waals surface area contributed by atoms with Gasteiger partial charge in [0.1, 0.15) is 78.3 Å². The minimum Gasteiger partial charge on any atom is -0.508 e. The molecule has 2 bridgehead atoms. The Morgan fingerprint density at radius 3 is 1.78 bits per heavy atom. The Kier molecular flexibility index (Phi) is 36.7. The molecule has 15 atom stereocenters. The van der Waals surface area contributed by atoms with Crippen LogP contribution in [0.25, 0.3) is 21.8 Å². The number of Topliss-reactive ketones (excluding diaryl/α,β-unsaturated/α-hetero) is 1. The first-order valence-electron chi connectivity index (χ1n) is 44.5. The number of aromatic amines is 3. The molecule has 3 aromatic carbocycles. The van der Waals surface area contributed by atoms with Crippen LogP contribution >= 0.6 is 11.8 Å². The minimum absolute atomic E-state index is 0.0138. The Hall–Kier alpha value is -13.8. The van der Waals surface area contributed by atoms with Gasteiger partial charge in [-0.1, -0.05) is 74.5 Å². The number of likely N-dealkylation sites (N-methyl/N-ethyl adjacent to an activating group) is 3. The predicted molar refractivity (Wildman–Crippen MR) is 490 cm³/mol. The van der Waals surface area contributed by atoms with E-state index in [4.69, 9.17) is 22.6 Å². The second-order valence-corrected chi connectivity index (χ2v) is 35.7. The normalized spacial score (nSPS) is 25.7. The molecular weight excluding hydrogens is 1760 g/mol. The zero-order valence-corrected chi connectivity index (χ0v) is 76.3. The van der Waals surface area contributed by atoms with E-state index in [1.54, 1.807) is 86.9 Å². The lowest BCUT2D eigenvalue weighted by Gasteiger charge is -2.36. The fourth-order valence-corrected chi connectivity index (χ4v) is 17.9. The number of hydrogen-bond donors (Lipinski definition) is 20. The lowest BCUT2D eigenvalue weighted by molar-refractivity contribution is -0.149. The molecule has 0 aliphatic carbocycles. The number of imidazole rings is 1. The van der Waals surface area contributed by atoms with Crippen LogP contribution < -0.4 is 70.4 Å². The third kappa shape index (κ3) is 27.7. The van der Waals surface area contributed by atoms with Crippen molar-refractivity contribution in [2.45, 2.75) is 208 Å². The number of allylic oxidation sites excluding steroid dienone is 2. The summed E-state index contributed by atoms with van der Waals surface area (Å²) in [7, 11) is 3.87. The molecule has 3 aromatic heterocycles. The van der Waals surface area contributed by atoms with E-state index >= 15 is 38.4 Å². The number of para-hydroxylation sites is 2. The first-order valence-corrected chi connectivity index (χ1v) is 45.7. The van der Waals surface area contributed by atoms with E-state index in [-0.39, 0.29) is 115 Å². The Morgan fingerprint density at radius 1 is 0.575 bits per heavy atom. The van der Waals surface area contributed by atoms with Gasteiger partial charge >= 0.3 is 0 Å². The van der Waals surface area contributed by atoms with E-state index in [1.807, 2.05) is 0 Å².